The standard InChI is InChI=1S/C15H15N5O2/c1-15(13(21)22,11-5-3-2-4-6-11)9-17-14-16-7-10-8-18-20-12(10)19-14/h2-8H,9H2,1H3,(H,21,22)(H2,16,17,18,19,20). The number of fused-ring (bicyclic) bond motifs is 1. The van der Waals surface area contributed by atoms with Crippen molar-refractivity contribution in [3.8, 4) is 0 Å². The van der Waals surface area contributed by atoms with Gasteiger partial charge in [-0.05, 0) is 12.5 Å². The lowest BCUT2D eigenvalue weighted by atomic mass is 9.82. The van der Waals surface area contributed by atoms with E-state index in [-0.39, 0.29) is 6.54 Å². The van der Waals surface area contributed by atoms with Gasteiger partial charge in [-0.1, -0.05) is 30.3 Å². The Morgan fingerprint density at radius 3 is 2.82 bits per heavy atom. The van der Waals surface area contributed by atoms with E-state index < -0.39 is 11.4 Å². The quantitative estimate of drug-likeness (QED) is 0.663. The van der Waals surface area contributed by atoms with Crippen LogP contribution in [0.15, 0.2) is 42.7 Å². The van der Waals surface area contributed by atoms with Crippen molar-refractivity contribution < 1.29 is 9.90 Å². The molecule has 0 spiro atoms. The number of carboxylic acids is 1. The zero-order valence-corrected chi connectivity index (χ0v) is 11.9. The summed E-state index contributed by atoms with van der Waals surface area (Å²) in [5, 5.41) is 20.0. The highest BCUT2D eigenvalue weighted by molar-refractivity contribution is 5.81. The second-order valence-corrected chi connectivity index (χ2v) is 5.22. The second kappa shape index (κ2) is 5.44. The van der Waals surface area contributed by atoms with E-state index in [0.29, 0.717) is 11.6 Å². The van der Waals surface area contributed by atoms with Gasteiger partial charge in [-0.2, -0.15) is 10.1 Å². The maximum Gasteiger partial charge on any atom is 0.315 e. The van der Waals surface area contributed by atoms with Crippen LogP contribution in [0.5, 0.6) is 0 Å². The number of nitrogens with zero attached hydrogens (tertiary/aromatic N) is 3. The Morgan fingerprint density at radius 1 is 1.32 bits per heavy atom. The van der Waals surface area contributed by atoms with Gasteiger partial charge >= 0.3 is 5.97 Å². The molecule has 3 rings (SSSR count). The Balaban J connectivity index is 1.84. The van der Waals surface area contributed by atoms with Gasteiger partial charge in [0.1, 0.15) is 5.41 Å². The van der Waals surface area contributed by atoms with Gasteiger partial charge in [0.25, 0.3) is 0 Å². The highest BCUT2D eigenvalue weighted by atomic mass is 16.4. The lowest BCUT2D eigenvalue weighted by Crippen LogP contribution is -2.39. The predicted octanol–water partition coefficient (Wildman–Crippen LogP) is 1.81. The highest BCUT2D eigenvalue weighted by Gasteiger charge is 2.35. The molecule has 1 unspecified atom stereocenters. The van der Waals surface area contributed by atoms with Gasteiger partial charge in [-0.25, -0.2) is 4.98 Å². The summed E-state index contributed by atoms with van der Waals surface area (Å²) in [6.07, 6.45) is 3.26. The fraction of sp³-hybridized carbons (Fsp3) is 0.200. The molecule has 7 heteroatoms. The molecule has 3 N–H and O–H groups in total. The van der Waals surface area contributed by atoms with E-state index in [0.717, 1.165) is 10.9 Å². The number of nitrogens with one attached hydrogen (secondary N) is 2. The molecule has 22 heavy (non-hydrogen) atoms. The van der Waals surface area contributed by atoms with Gasteiger partial charge in [0.2, 0.25) is 5.95 Å². The zero-order chi connectivity index (χ0) is 15.6. The zero-order valence-electron chi connectivity index (χ0n) is 11.9. The minimum atomic E-state index is -1.08. The van der Waals surface area contributed by atoms with Crippen molar-refractivity contribution >= 4 is 23.0 Å². The first-order valence-corrected chi connectivity index (χ1v) is 6.78. The van der Waals surface area contributed by atoms with Gasteiger partial charge in [0.15, 0.2) is 5.65 Å². The Kier molecular flexibility index (Phi) is 3.46. The Bertz CT molecular complexity index is 802. The van der Waals surface area contributed by atoms with Crippen LogP contribution in [0.4, 0.5) is 5.95 Å². The number of hydrogen-bond donors (Lipinski definition) is 3. The molecule has 0 aliphatic rings. The van der Waals surface area contributed by atoms with Gasteiger partial charge in [-0.15, -0.1) is 0 Å². The van der Waals surface area contributed by atoms with E-state index in [1.807, 2.05) is 18.2 Å². The SMILES string of the molecule is CC(CNc1ncc2cn[nH]c2n1)(C(=O)O)c1ccccc1. The van der Waals surface area contributed by atoms with Crippen molar-refractivity contribution in [1.82, 2.24) is 20.2 Å². The first-order chi connectivity index (χ1) is 10.6. The van der Waals surface area contributed by atoms with Crippen LogP contribution in [-0.4, -0.2) is 37.8 Å². The number of aromatic amines is 1. The summed E-state index contributed by atoms with van der Waals surface area (Å²) in [5.41, 5.74) is 0.250. The third-order valence-corrected chi connectivity index (χ3v) is 3.67. The maximum atomic E-state index is 11.7. The Labute approximate surface area is 126 Å². The molecule has 0 saturated carbocycles. The monoisotopic (exact) mass is 297 g/mol. The van der Waals surface area contributed by atoms with Gasteiger partial charge in [-0.3, -0.25) is 9.89 Å². The number of H-pyrrole nitrogens is 1. The number of benzene rings is 1. The number of aliphatic carboxylic acids is 1. The maximum absolute atomic E-state index is 11.7. The fourth-order valence-electron chi connectivity index (χ4n) is 2.19. The molecule has 3 aromatic rings. The topological polar surface area (TPSA) is 104 Å². The van der Waals surface area contributed by atoms with Crippen molar-refractivity contribution in [2.75, 3.05) is 11.9 Å². The Hall–Kier alpha value is -2.96. The van der Waals surface area contributed by atoms with E-state index in [1.165, 1.54) is 0 Å². The smallest absolute Gasteiger partial charge is 0.315 e. The van der Waals surface area contributed by atoms with Crippen LogP contribution in [0.25, 0.3) is 11.0 Å². The normalized spacial score (nSPS) is 13.7. The van der Waals surface area contributed by atoms with Crippen LogP contribution in [-0.2, 0) is 10.2 Å². The lowest BCUT2D eigenvalue weighted by molar-refractivity contribution is -0.142. The van der Waals surface area contributed by atoms with E-state index in [2.05, 4.69) is 25.5 Å². The van der Waals surface area contributed by atoms with Crippen molar-refractivity contribution in [1.29, 1.82) is 0 Å². The number of carboxylic acid groups (broad SMARTS) is 1. The molecule has 2 aromatic heterocycles. The van der Waals surface area contributed by atoms with E-state index in [1.54, 1.807) is 31.5 Å². The van der Waals surface area contributed by atoms with Crippen molar-refractivity contribution in [2.45, 2.75) is 12.3 Å². The Morgan fingerprint density at radius 2 is 2.09 bits per heavy atom. The van der Waals surface area contributed by atoms with Gasteiger partial charge < -0.3 is 10.4 Å². The number of anilines is 1. The molecule has 112 valence electrons. The first-order valence-electron chi connectivity index (χ1n) is 6.78. The molecule has 7 nitrogen and oxygen atoms in total. The summed E-state index contributed by atoms with van der Waals surface area (Å²) < 4.78 is 0. The molecule has 2 heterocycles. The molecular weight excluding hydrogens is 282 g/mol. The van der Waals surface area contributed by atoms with E-state index in [9.17, 15) is 9.90 Å². The first kappa shape index (κ1) is 14.0. The average molecular weight is 297 g/mol. The number of aromatic nitrogens is 4. The van der Waals surface area contributed by atoms with Crippen LogP contribution >= 0.6 is 0 Å². The molecule has 0 aliphatic carbocycles. The number of rotatable bonds is 5. The third kappa shape index (κ3) is 2.48. The summed E-state index contributed by atoms with van der Waals surface area (Å²) in [5.74, 6) is -0.547. The summed E-state index contributed by atoms with van der Waals surface area (Å²) in [4.78, 5) is 20.1. The highest BCUT2D eigenvalue weighted by Crippen LogP contribution is 2.24. The van der Waals surface area contributed by atoms with E-state index in [4.69, 9.17) is 0 Å². The molecule has 0 amide bonds. The largest absolute Gasteiger partial charge is 0.481 e. The summed E-state index contributed by atoms with van der Waals surface area (Å²) in [6, 6.07) is 9.10. The summed E-state index contributed by atoms with van der Waals surface area (Å²) >= 11 is 0. The minimum Gasteiger partial charge on any atom is -0.481 e. The minimum absolute atomic E-state index is 0.173. The summed E-state index contributed by atoms with van der Waals surface area (Å²) in [7, 11) is 0. The van der Waals surface area contributed by atoms with Crippen LogP contribution in [0.3, 0.4) is 0 Å². The predicted molar refractivity (Wildman–Crippen MR) is 81.6 cm³/mol. The number of hydrogen-bond acceptors (Lipinski definition) is 5. The van der Waals surface area contributed by atoms with Crippen LogP contribution in [0, 0.1) is 0 Å². The molecule has 0 bridgehead atoms. The molecule has 0 saturated heterocycles. The summed E-state index contributed by atoms with van der Waals surface area (Å²) in [6.45, 7) is 1.85. The van der Waals surface area contributed by atoms with Crippen molar-refractivity contribution in [2.24, 2.45) is 0 Å². The van der Waals surface area contributed by atoms with Crippen LogP contribution < -0.4 is 5.32 Å². The molecular formula is C15H15N5O2. The van der Waals surface area contributed by atoms with Gasteiger partial charge in [0.05, 0.1) is 11.6 Å². The fourth-order valence-corrected chi connectivity index (χ4v) is 2.19. The molecule has 0 fully saturated rings. The lowest BCUT2D eigenvalue weighted by Gasteiger charge is -2.25. The van der Waals surface area contributed by atoms with Crippen molar-refractivity contribution in [3.05, 3.63) is 48.3 Å². The van der Waals surface area contributed by atoms with Crippen molar-refractivity contribution in [3.63, 3.8) is 0 Å². The molecule has 0 aliphatic heterocycles. The third-order valence-electron chi connectivity index (χ3n) is 3.67. The number of carbonyl (C=O) groups is 1. The molecule has 0 radical (unpaired) electrons. The van der Waals surface area contributed by atoms with Crippen LogP contribution in [0.1, 0.15) is 12.5 Å². The molecule has 1 atom stereocenters. The average Bonchev–Trinajstić information content (AvgIpc) is 3.01. The second-order valence-electron chi connectivity index (χ2n) is 5.22. The molecule has 1 aromatic carbocycles. The van der Waals surface area contributed by atoms with Gasteiger partial charge in [0, 0.05) is 12.7 Å². The van der Waals surface area contributed by atoms with Crippen LogP contribution in [0.2, 0.25) is 0 Å². The van der Waals surface area contributed by atoms with E-state index >= 15 is 0 Å².